The summed E-state index contributed by atoms with van der Waals surface area (Å²) in [5.74, 6) is -3.09. The normalized spacial score (nSPS) is 10.7. The minimum atomic E-state index is -1.55. The van der Waals surface area contributed by atoms with Crippen LogP contribution in [0.15, 0.2) is 12.2 Å². The number of carboxylic acid groups (broad SMARTS) is 2. The summed E-state index contributed by atoms with van der Waals surface area (Å²) in [6.45, 7) is 9.16. The smallest absolute Gasteiger partial charge is 0.0643 e. The van der Waals surface area contributed by atoms with Crippen LogP contribution in [0.1, 0.15) is 182 Å². The van der Waals surface area contributed by atoms with E-state index in [0.717, 1.165) is 0 Å². The van der Waals surface area contributed by atoms with E-state index in [0.29, 0.717) is 12.2 Å². The molecule has 0 radical (unpaired) electrons. The molecule has 8 heteroatoms. The van der Waals surface area contributed by atoms with E-state index in [4.69, 9.17) is 6.15 Å². The predicted molar refractivity (Wildman–Crippen MR) is 197 cm³/mol. The van der Waals surface area contributed by atoms with Gasteiger partial charge in [0.1, 0.15) is 0 Å². The van der Waals surface area contributed by atoms with Crippen LogP contribution >= 0.6 is 0 Å². The van der Waals surface area contributed by atoms with Gasteiger partial charge in [0.25, 0.3) is 0 Å². The van der Waals surface area contributed by atoms with E-state index in [1.54, 1.807) is 0 Å². The minimum absolute atomic E-state index is 0.384. The van der Waals surface area contributed by atoms with Crippen molar-refractivity contribution in [3.8, 4) is 0 Å². The van der Waals surface area contributed by atoms with Gasteiger partial charge in [-0.15, -0.1) is 0 Å². The third kappa shape index (κ3) is 48.6. The summed E-state index contributed by atoms with van der Waals surface area (Å²) in [5, 5.41) is 18.8. The van der Waals surface area contributed by atoms with Crippen molar-refractivity contribution < 1.29 is 26.0 Å². The van der Waals surface area contributed by atoms with Crippen molar-refractivity contribution in [2.24, 2.45) is 0 Å². The molecular weight excluding hydrogens is 790 g/mol. The molecule has 6 nitrogen and oxygen atoms in total. The van der Waals surface area contributed by atoms with Crippen LogP contribution < -0.4 is 10.2 Å². The maximum absolute atomic E-state index is 9.41. The predicted octanol–water partition coefficient (Wildman–Crippen LogP) is 9.73. The largest absolute Gasteiger partial charge is 0.545 e. The molecule has 0 aromatic carbocycles. The molecule has 0 amide bonds. The molecule has 0 N–H and O–H groups in total. The fourth-order valence-corrected chi connectivity index (χ4v) is 16.3. The maximum atomic E-state index is 9.41. The summed E-state index contributed by atoms with van der Waals surface area (Å²) in [6.07, 6.45) is 35.1. The molecule has 0 aromatic rings. The fourth-order valence-electron chi connectivity index (χ4n) is 5.20. The summed E-state index contributed by atoms with van der Waals surface area (Å²) >= 11 is -2.79. The van der Waals surface area contributed by atoms with Gasteiger partial charge >= 0.3 is 260 Å². The van der Waals surface area contributed by atoms with Crippen molar-refractivity contribution in [2.45, 2.75) is 200 Å². The van der Waals surface area contributed by atoms with Gasteiger partial charge in [0.2, 0.25) is 0 Å². The average molecular weight is 866 g/mol. The summed E-state index contributed by atoms with van der Waals surface area (Å²) in [5.41, 5.74) is 0. The van der Waals surface area contributed by atoms with Gasteiger partial charge in [-0.05, 0) is 12.2 Å². The zero-order chi connectivity index (χ0) is 34.9. The molecule has 0 atom stereocenters. The van der Waals surface area contributed by atoms with E-state index in [1.165, 1.54) is 172 Å². The van der Waals surface area contributed by atoms with Crippen LogP contribution in [0.5, 0.6) is 0 Å². The average Bonchev–Trinajstić information content (AvgIpc) is 3.05. The summed E-state index contributed by atoms with van der Waals surface area (Å²) in [6, 6.07) is 0. The molecule has 46 heavy (non-hydrogen) atoms. The number of carbonyl (C=O) groups is 2. The van der Waals surface area contributed by atoms with Gasteiger partial charge in [0, 0.05) is 0 Å². The number of carbonyl (C=O) groups excluding carboxylic acids is 2. The molecule has 0 bridgehead atoms. The number of rotatable bonds is 32. The Balaban J connectivity index is -0.000000653. The quantitative estimate of drug-likeness (QED) is 0.0380. The van der Waals surface area contributed by atoms with E-state index >= 15 is 0 Å². The monoisotopic (exact) mass is 868 g/mol. The Morgan fingerprint density at radius 1 is 0.413 bits per heavy atom. The van der Waals surface area contributed by atoms with Crippen molar-refractivity contribution >= 4 is 52.3 Å². The number of hydrogen-bond donors (Lipinski definition) is 0. The SMILES string of the molecule is CCCCCCC[CH2][Sn+]([CH2]CCCCCCC)[O]C.CCCCCCC[CH2][Sn+]([CH2]CCCCCCC)[O]C.O=C([O-])C=CC(=O)[O-]. The first-order valence-electron chi connectivity index (χ1n) is 19.2. The van der Waals surface area contributed by atoms with Crippen LogP contribution in [-0.2, 0) is 15.7 Å². The van der Waals surface area contributed by atoms with Crippen molar-refractivity contribution in [3.63, 3.8) is 0 Å². The maximum Gasteiger partial charge on any atom is 0.0643 e. The first kappa shape index (κ1) is 50.6. The second kappa shape index (κ2) is 45.2. The number of carboxylic acids is 2. The Kier molecular flexibility index (Phi) is 49.7. The van der Waals surface area contributed by atoms with Gasteiger partial charge in [0.15, 0.2) is 0 Å². The van der Waals surface area contributed by atoms with Gasteiger partial charge < -0.3 is 19.8 Å². The first-order chi connectivity index (χ1) is 22.3. The van der Waals surface area contributed by atoms with Crippen molar-refractivity contribution in [1.29, 1.82) is 0 Å². The van der Waals surface area contributed by atoms with Gasteiger partial charge in [0.05, 0.1) is 11.9 Å². The van der Waals surface area contributed by atoms with E-state index < -0.39 is 52.3 Å². The molecular formula is C38H76O6Sn2. The second-order valence-electron chi connectivity index (χ2n) is 12.5. The van der Waals surface area contributed by atoms with Gasteiger partial charge in [-0.1, -0.05) is 0 Å². The first-order valence-corrected chi connectivity index (χ1v) is 29.6. The zero-order valence-electron chi connectivity index (χ0n) is 31.4. The van der Waals surface area contributed by atoms with Crippen LogP contribution in [0.2, 0.25) is 17.7 Å². The molecule has 0 aliphatic carbocycles. The van der Waals surface area contributed by atoms with E-state index in [9.17, 15) is 19.8 Å². The molecule has 0 spiro atoms. The zero-order valence-corrected chi connectivity index (χ0v) is 37.1. The molecule has 0 aromatic heterocycles. The molecule has 0 unspecified atom stereocenters. The number of hydrogen-bond acceptors (Lipinski definition) is 6. The Labute approximate surface area is 302 Å². The minimum Gasteiger partial charge on any atom is -0.545 e. The van der Waals surface area contributed by atoms with Crippen molar-refractivity contribution in [1.82, 2.24) is 0 Å². The fraction of sp³-hybridized carbons (Fsp3) is 0.895. The van der Waals surface area contributed by atoms with Crippen molar-refractivity contribution in [3.05, 3.63) is 12.2 Å². The molecule has 0 heterocycles. The van der Waals surface area contributed by atoms with Gasteiger partial charge in [-0.25, -0.2) is 0 Å². The topological polar surface area (TPSA) is 98.7 Å². The molecule has 0 aliphatic rings. The molecule has 272 valence electrons. The van der Waals surface area contributed by atoms with Gasteiger partial charge in [-0.2, -0.15) is 0 Å². The third-order valence-corrected chi connectivity index (χ3v) is 21.9. The van der Waals surface area contributed by atoms with Gasteiger partial charge in [-0.3, -0.25) is 0 Å². The van der Waals surface area contributed by atoms with E-state index in [2.05, 4.69) is 27.7 Å². The molecule has 0 fully saturated rings. The van der Waals surface area contributed by atoms with Crippen LogP contribution in [0.25, 0.3) is 0 Å². The Morgan fingerprint density at radius 2 is 0.609 bits per heavy atom. The summed E-state index contributed by atoms with van der Waals surface area (Å²) in [4.78, 5) is 18.8. The van der Waals surface area contributed by atoms with Crippen LogP contribution in [0.4, 0.5) is 0 Å². The molecule has 0 aliphatic heterocycles. The van der Waals surface area contributed by atoms with Crippen LogP contribution in [0.3, 0.4) is 0 Å². The molecule has 0 saturated carbocycles. The Bertz CT molecular complexity index is 548. The van der Waals surface area contributed by atoms with E-state index in [-0.39, 0.29) is 0 Å². The third-order valence-electron chi connectivity index (χ3n) is 8.17. The molecule has 0 saturated heterocycles. The number of aliphatic carboxylic acids is 2. The molecule has 0 rings (SSSR count). The van der Waals surface area contributed by atoms with E-state index in [1.807, 2.05) is 14.2 Å². The summed E-state index contributed by atoms with van der Waals surface area (Å²) in [7, 11) is 3.95. The van der Waals surface area contributed by atoms with Crippen LogP contribution in [0, 0.1) is 0 Å². The van der Waals surface area contributed by atoms with Crippen molar-refractivity contribution in [2.75, 3.05) is 14.2 Å². The number of unbranched alkanes of at least 4 members (excludes halogenated alkanes) is 20. The summed E-state index contributed by atoms with van der Waals surface area (Å²) < 4.78 is 17.5. The second-order valence-corrected chi connectivity index (χ2v) is 26.7. The van der Waals surface area contributed by atoms with Crippen LogP contribution in [-0.4, -0.2) is 66.5 Å². The standard InChI is InChI=1S/4C8H17.C4H4O4.2CH3O.2Sn/c4*1-3-5-7-8-6-4-2;5-3(6)1-2-4(7)8;2*1-2;;/h4*1,3-8H2,2H3;1-2H,(H,5,6)(H,7,8);2*1H3;;/q;;;;;2*-1;2*+2/p-2. The Hall–Kier alpha value is 0.197. The Morgan fingerprint density at radius 3 is 0.783 bits per heavy atom.